The number of carbonyl (C=O) groups excluding carboxylic acids is 2. The Morgan fingerprint density at radius 3 is 2.45 bits per heavy atom. The van der Waals surface area contributed by atoms with Gasteiger partial charge in [0.1, 0.15) is 0 Å². The van der Waals surface area contributed by atoms with Gasteiger partial charge in [-0.05, 0) is 19.2 Å². The van der Waals surface area contributed by atoms with Gasteiger partial charge < -0.3 is 15.5 Å². The van der Waals surface area contributed by atoms with Gasteiger partial charge in [-0.15, -0.1) is 0 Å². The monoisotopic (exact) mass is 317 g/mol. The van der Waals surface area contributed by atoms with E-state index >= 15 is 0 Å². The van der Waals surface area contributed by atoms with Crippen LogP contribution in [0.25, 0.3) is 0 Å². The highest BCUT2D eigenvalue weighted by molar-refractivity contribution is 5.97. The molecule has 0 saturated carbocycles. The molecule has 122 valence electrons. The van der Waals surface area contributed by atoms with Gasteiger partial charge in [-0.2, -0.15) is 13.2 Å². The fourth-order valence-corrected chi connectivity index (χ4v) is 1.72. The number of amides is 2. The molecular weight excluding hydrogens is 299 g/mol. The molecule has 0 spiro atoms. The molecule has 2 amide bonds. The van der Waals surface area contributed by atoms with Crippen LogP contribution in [0.3, 0.4) is 0 Å². The molecule has 8 heteroatoms. The molecule has 2 N–H and O–H groups in total. The molecule has 22 heavy (non-hydrogen) atoms. The lowest BCUT2D eigenvalue weighted by atomic mass is 10.1. The number of nitrogens with one attached hydrogen (secondary N) is 2. The van der Waals surface area contributed by atoms with Gasteiger partial charge in [0.25, 0.3) is 5.91 Å². The quantitative estimate of drug-likeness (QED) is 0.826. The van der Waals surface area contributed by atoms with Crippen molar-refractivity contribution < 1.29 is 22.8 Å². The van der Waals surface area contributed by atoms with E-state index in [1.807, 2.05) is 0 Å². The summed E-state index contributed by atoms with van der Waals surface area (Å²) in [5.74, 6) is -1.31. The van der Waals surface area contributed by atoms with Gasteiger partial charge in [0.05, 0.1) is 17.7 Å². The van der Waals surface area contributed by atoms with E-state index in [4.69, 9.17) is 0 Å². The standard InChI is InChI=1S/C14H18F3N3O2/c1-18-7-8-20(2)12(21)9-19-13(22)10-5-3-4-6-11(10)14(15,16)17/h3-6,18H,7-9H2,1-2H3,(H,19,22). The van der Waals surface area contributed by atoms with Crippen LogP contribution in [-0.4, -0.2) is 50.4 Å². The van der Waals surface area contributed by atoms with E-state index in [-0.39, 0.29) is 12.5 Å². The largest absolute Gasteiger partial charge is 0.417 e. The Morgan fingerprint density at radius 1 is 1.23 bits per heavy atom. The molecular formula is C14H18F3N3O2. The van der Waals surface area contributed by atoms with Gasteiger partial charge in [-0.25, -0.2) is 0 Å². The van der Waals surface area contributed by atoms with E-state index in [2.05, 4.69) is 10.6 Å². The normalized spacial score (nSPS) is 11.1. The van der Waals surface area contributed by atoms with Crippen LogP contribution < -0.4 is 10.6 Å². The van der Waals surface area contributed by atoms with E-state index in [9.17, 15) is 22.8 Å². The summed E-state index contributed by atoms with van der Waals surface area (Å²) in [5, 5.41) is 5.08. The first-order valence-electron chi connectivity index (χ1n) is 6.60. The third kappa shape index (κ3) is 5.03. The Labute approximate surface area is 126 Å². The van der Waals surface area contributed by atoms with Gasteiger partial charge in [0.2, 0.25) is 5.91 Å². The lowest BCUT2D eigenvalue weighted by Crippen LogP contribution is -2.40. The molecule has 0 fully saturated rings. The average molecular weight is 317 g/mol. The second-order valence-electron chi connectivity index (χ2n) is 4.64. The molecule has 0 saturated heterocycles. The summed E-state index contributed by atoms with van der Waals surface area (Å²) in [6.45, 7) is 0.655. The molecule has 0 atom stereocenters. The van der Waals surface area contributed by atoms with Crippen LogP contribution in [0.2, 0.25) is 0 Å². The first-order chi connectivity index (χ1) is 10.3. The van der Waals surface area contributed by atoms with Crippen molar-refractivity contribution in [3.63, 3.8) is 0 Å². The van der Waals surface area contributed by atoms with Crippen LogP contribution >= 0.6 is 0 Å². The minimum Gasteiger partial charge on any atom is -0.343 e. The topological polar surface area (TPSA) is 61.4 Å². The zero-order chi connectivity index (χ0) is 16.8. The second-order valence-corrected chi connectivity index (χ2v) is 4.64. The van der Waals surface area contributed by atoms with Crippen LogP contribution in [0.5, 0.6) is 0 Å². The molecule has 0 aliphatic rings. The van der Waals surface area contributed by atoms with Crippen LogP contribution in [0.1, 0.15) is 15.9 Å². The van der Waals surface area contributed by atoms with Gasteiger partial charge in [0, 0.05) is 20.1 Å². The Balaban J connectivity index is 2.69. The smallest absolute Gasteiger partial charge is 0.343 e. The number of hydrogen-bond donors (Lipinski definition) is 2. The first-order valence-corrected chi connectivity index (χ1v) is 6.60. The van der Waals surface area contributed by atoms with E-state index in [1.165, 1.54) is 17.0 Å². The minimum absolute atomic E-state index is 0.356. The van der Waals surface area contributed by atoms with Crippen molar-refractivity contribution in [3.8, 4) is 0 Å². The van der Waals surface area contributed by atoms with E-state index in [0.29, 0.717) is 13.1 Å². The predicted octanol–water partition coefficient (Wildman–Crippen LogP) is 1.11. The summed E-state index contributed by atoms with van der Waals surface area (Å²) >= 11 is 0. The van der Waals surface area contributed by atoms with Crippen molar-refractivity contribution >= 4 is 11.8 Å². The van der Waals surface area contributed by atoms with Gasteiger partial charge in [0.15, 0.2) is 0 Å². The van der Waals surface area contributed by atoms with Crippen molar-refractivity contribution in [3.05, 3.63) is 35.4 Å². The number of halogens is 3. The second kappa shape index (κ2) is 7.79. The predicted molar refractivity (Wildman–Crippen MR) is 75.3 cm³/mol. The van der Waals surface area contributed by atoms with Crippen LogP contribution in [0.4, 0.5) is 13.2 Å². The van der Waals surface area contributed by atoms with Crippen LogP contribution in [0.15, 0.2) is 24.3 Å². The van der Waals surface area contributed by atoms with Gasteiger partial charge in [-0.1, -0.05) is 12.1 Å². The molecule has 1 aromatic rings. The Morgan fingerprint density at radius 2 is 1.86 bits per heavy atom. The van der Waals surface area contributed by atoms with Crippen LogP contribution in [-0.2, 0) is 11.0 Å². The first kappa shape index (κ1) is 18.0. The number of hydrogen-bond acceptors (Lipinski definition) is 3. The number of benzene rings is 1. The molecule has 0 aromatic heterocycles. The zero-order valence-corrected chi connectivity index (χ0v) is 12.3. The fourth-order valence-electron chi connectivity index (χ4n) is 1.72. The summed E-state index contributed by atoms with van der Waals surface area (Å²) in [4.78, 5) is 25.0. The summed E-state index contributed by atoms with van der Waals surface area (Å²) in [5.41, 5.74) is -1.52. The molecule has 1 aromatic carbocycles. The maximum absolute atomic E-state index is 12.8. The molecule has 0 bridgehead atoms. The Kier molecular flexibility index (Phi) is 6.36. The summed E-state index contributed by atoms with van der Waals surface area (Å²) in [6, 6.07) is 4.45. The van der Waals surface area contributed by atoms with Crippen LogP contribution in [0, 0.1) is 0 Å². The van der Waals surface area contributed by atoms with Crippen molar-refractivity contribution in [2.45, 2.75) is 6.18 Å². The molecule has 5 nitrogen and oxygen atoms in total. The lowest BCUT2D eigenvalue weighted by molar-refractivity contribution is -0.137. The van der Waals surface area contributed by atoms with E-state index < -0.39 is 23.2 Å². The van der Waals surface area contributed by atoms with Gasteiger partial charge in [-0.3, -0.25) is 9.59 Å². The SMILES string of the molecule is CNCCN(C)C(=O)CNC(=O)c1ccccc1C(F)(F)F. The third-order valence-corrected chi connectivity index (χ3v) is 3.00. The Bertz CT molecular complexity index is 532. The van der Waals surface area contributed by atoms with Crippen molar-refractivity contribution in [1.29, 1.82) is 0 Å². The van der Waals surface area contributed by atoms with Crippen molar-refractivity contribution in [2.75, 3.05) is 33.7 Å². The highest BCUT2D eigenvalue weighted by atomic mass is 19.4. The minimum atomic E-state index is -4.62. The van der Waals surface area contributed by atoms with Crippen molar-refractivity contribution in [1.82, 2.24) is 15.5 Å². The number of nitrogens with zero attached hydrogens (tertiary/aromatic N) is 1. The molecule has 0 aliphatic heterocycles. The molecule has 0 radical (unpaired) electrons. The molecule has 0 aliphatic carbocycles. The highest BCUT2D eigenvalue weighted by Crippen LogP contribution is 2.31. The highest BCUT2D eigenvalue weighted by Gasteiger charge is 2.34. The summed E-state index contributed by atoms with van der Waals surface area (Å²) in [6.07, 6.45) is -4.62. The number of carbonyl (C=O) groups is 2. The van der Waals surface area contributed by atoms with Crippen molar-refractivity contribution in [2.24, 2.45) is 0 Å². The summed E-state index contributed by atoms with van der Waals surface area (Å²) in [7, 11) is 3.28. The maximum atomic E-state index is 12.8. The van der Waals surface area contributed by atoms with Gasteiger partial charge >= 0.3 is 6.18 Å². The average Bonchev–Trinajstić information content (AvgIpc) is 2.48. The third-order valence-electron chi connectivity index (χ3n) is 3.00. The number of rotatable bonds is 6. The Hall–Kier alpha value is -2.09. The zero-order valence-electron chi connectivity index (χ0n) is 12.3. The fraction of sp³-hybridized carbons (Fsp3) is 0.429. The maximum Gasteiger partial charge on any atom is 0.417 e. The summed E-state index contributed by atoms with van der Waals surface area (Å²) < 4.78 is 38.4. The molecule has 1 rings (SSSR count). The molecule has 0 heterocycles. The molecule has 0 unspecified atom stereocenters. The number of alkyl halides is 3. The van der Waals surface area contributed by atoms with E-state index in [0.717, 1.165) is 12.1 Å². The lowest BCUT2D eigenvalue weighted by Gasteiger charge is -2.17. The van der Waals surface area contributed by atoms with E-state index in [1.54, 1.807) is 14.1 Å². The number of likely N-dealkylation sites (N-methyl/N-ethyl adjacent to an activating group) is 2.